The zero-order valence-electron chi connectivity index (χ0n) is 10.9. The van der Waals surface area contributed by atoms with Gasteiger partial charge in [0.1, 0.15) is 11.8 Å². The van der Waals surface area contributed by atoms with Crippen molar-refractivity contribution < 1.29 is 23.1 Å². The van der Waals surface area contributed by atoms with Crippen LogP contribution in [0, 0.1) is 16.7 Å². The van der Waals surface area contributed by atoms with E-state index in [0.29, 0.717) is 5.56 Å². The Bertz CT molecular complexity index is 597. The third-order valence-electron chi connectivity index (χ3n) is 3.65. The van der Waals surface area contributed by atoms with E-state index in [9.17, 15) is 18.0 Å². The molecule has 1 N–H and O–H groups in total. The molecule has 1 atom stereocenters. The lowest BCUT2D eigenvalue weighted by molar-refractivity contribution is -0.227. The van der Waals surface area contributed by atoms with Crippen molar-refractivity contribution >= 4 is 5.97 Å². The molecule has 112 valence electrons. The molecule has 1 aliphatic heterocycles. The molecule has 1 fully saturated rings. The first-order valence-electron chi connectivity index (χ1n) is 6.16. The molecule has 0 aliphatic carbocycles. The van der Waals surface area contributed by atoms with Crippen LogP contribution < -0.4 is 0 Å². The van der Waals surface area contributed by atoms with Gasteiger partial charge in [-0.3, -0.25) is 9.69 Å². The van der Waals surface area contributed by atoms with Crippen LogP contribution >= 0.6 is 0 Å². The van der Waals surface area contributed by atoms with Gasteiger partial charge in [-0.2, -0.15) is 18.4 Å². The molecule has 1 aromatic heterocycles. The Hall–Kier alpha value is -2.14. The van der Waals surface area contributed by atoms with Gasteiger partial charge in [-0.1, -0.05) is 0 Å². The molecule has 5 nitrogen and oxygen atoms in total. The van der Waals surface area contributed by atoms with Crippen LogP contribution in [0.5, 0.6) is 0 Å². The SMILES string of the molecule is N#Cc1cc(CN2CCC(C(=O)O)(C(F)(F)F)C2)ccn1. The molecular weight excluding hydrogens is 287 g/mol. The van der Waals surface area contributed by atoms with Gasteiger partial charge in [0.25, 0.3) is 0 Å². The van der Waals surface area contributed by atoms with E-state index in [2.05, 4.69) is 4.98 Å². The quantitative estimate of drug-likeness (QED) is 0.920. The van der Waals surface area contributed by atoms with Crippen LogP contribution in [0.3, 0.4) is 0 Å². The third-order valence-corrected chi connectivity index (χ3v) is 3.65. The Morgan fingerprint density at radius 1 is 1.57 bits per heavy atom. The van der Waals surface area contributed by atoms with Gasteiger partial charge in [0.05, 0.1) is 0 Å². The summed E-state index contributed by atoms with van der Waals surface area (Å²) >= 11 is 0. The second-order valence-electron chi connectivity index (χ2n) is 5.01. The summed E-state index contributed by atoms with van der Waals surface area (Å²) in [5.41, 5.74) is -1.91. The van der Waals surface area contributed by atoms with Crippen LogP contribution in [0.25, 0.3) is 0 Å². The van der Waals surface area contributed by atoms with E-state index in [1.165, 1.54) is 17.2 Å². The second kappa shape index (κ2) is 5.33. The topological polar surface area (TPSA) is 77.2 Å². The van der Waals surface area contributed by atoms with Crippen molar-refractivity contribution in [1.29, 1.82) is 5.26 Å². The highest BCUT2D eigenvalue weighted by Gasteiger charge is 2.63. The number of nitrogens with zero attached hydrogens (tertiary/aromatic N) is 3. The average molecular weight is 299 g/mol. The van der Waals surface area contributed by atoms with Gasteiger partial charge in [0, 0.05) is 25.8 Å². The lowest BCUT2D eigenvalue weighted by Crippen LogP contribution is -2.47. The molecule has 1 aliphatic rings. The summed E-state index contributed by atoms with van der Waals surface area (Å²) in [6.45, 7) is -0.394. The number of aromatic nitrogens is 1. The minimum Gasteiger partial charge on any atom is -0.481 e. The first-order valence-corrected chi connectivity index (χ1v) is 6.16. The fourth-order valence-corrected chi connectivity index (χ4v) is 2.44. The largest absolute Gasteiger partial charge is 0.481 e. The first-order chi connectivity index (χ1) is 9.78. The average Bonchev–Trinajstić information content (AvgIpc) is 2.84. The van der Waals surface area contributed by atoms with Crippen molar-refractivity contribution in [2.24, 2.45) is 5.41 Å². The zero-order chi connectivity index (χ0) is 15.7. The van der Waals surface area contributed by atoms with Gasteiger partial charge < -0.3 is 5.11 Å². The molecule has 1 unspecified atom stereocenters. The molecule has 21 heavy (non-hydrogen) atoms. The molecule has 0 bridgehead atoms. The third kappa shape index (κ3) is 2.83. The van der Waals surface area contributed by atoms with Crippen molar-refractivity contribution in [3.8, 4) is 6.07 Å². The predicted octanol–water partition coefficient (Wildman–Crippen LogP) is 1.79. The van der Waals surface area contributed by atoms with Crippen molar-refractivity contribution in [3.05, 3.63) is 29.6 Å². The summed E-state index contributed by atoms with van der Waals surface area (Å²) in [5, 5.41) is 17.7. The lowest BCUT2D eigenvalue weighted by Gasteiger charge is -2.27. The minimum absolute atomic E-state index is 0.0377. The van der Waals surface area contributed by atoms with Crippen molar-refractivity contribution in [3.63, 3.8) is 0 Å². The maximum absolute atomic E-state index is 13.0. The fourth-order valence-electron chi connectivity index (χ4n) is 2.44. The number of carboxylic acids is 1. The number of nitriles is 1. The molecule has 1 saturated heterocycles. The Kier molecular flexibility index (Phi) is 3.87. The van der Waals surface area contributed by atoms with E-state index in [1.54, 1.807) is 6.07 Å². The van der Waals surface area contributed by atoms with E-state index >= 15 is 0 Å². The molecule has 0 saturated carbocycles. The number of rotatable bonds is 3. The lowest BCUT2D eigenvalue weighted by atomic mass is 9.86. The Morgan fingerprint density at radius 2 is 2.29 bits per heavy atom. The van der Waals surface area contributed by atoms with Crippen LogP contribution in [-0.4, -0.2) is 40.2 Å². The molecule has 0 spiro atoms. The minimum atomic E-state index is -4.79. The first kappa shape index (κ1) is 15.3. The van der Waals surface area contributed by atoms with Crippen LogP contribution in [0.4, 0.5) is 13.2 Å². The smallest absolute Gasteiger partial charge is 0.406 e. The van der Waals surface area contributed by atoms with E-state index in [4.69, 9.17) is 10.4 Å². The Morgan fingerprint density at radius 3 is 2.81 bits per heavy atom. The number of likely N-dealkylation sites (tertiary alicyclic amines) is 1. The summed E-state index contributed by atoms with van der Waals surface area (Å²) in [6.07, 6.45) is -3.86. The maximum atomic E-state index is 13.0. The standard InChI is InChI=1S/C13H12F3N3O2/c14-13(15,16)12(11(20)21)2-4-19(8-12)7-9-1-3-18-10(5-9)6-17/h1,3,5H,2,4,7-8H2,(H,20,21). The zero-order valence-corrected chi connectivity index (χ0v) is 10.9. The number of halogens is 3. The van der Waals surface area contributed by atoms with Crippen LogP contribution in [0.15, 0.2) is 18.3 Å². The number of alkyl halides is 3. The number of aliphatic carboxylic acids is 1. The van der Waals surface area contributed by atoms with Gasteiger partial charge in [-0.05, 0) is 24.1 Å². The number of carboxylic acid groups (broad SMARTS) is 1. The van der Waals surface area contributed by atoms with Gasteiger partial charge in [0.2, 0.25) is 0 Å². The van der Waals surface area contributed by atoms with Gasteiger partial charge in [0.15, 0.2) is 5.41 Å². The monoisotopic (exact) mass is 299 g/mol. The summed E-state index contributed by atoms with van der Waals surface area (Å²) < 4.78 is 39.1. The van der Waals surface area contributed by atoms with E-state index < -0.39 is 30.5 Å². The fraction of sp³-hybridized carbons (Fsp3) is 0.462. The Labute approximate surface area is 118 Å². The maximum Gasteiger partial charge on any atom is 0.406 e. The summed E-state index contributed by atoms with van der Waals surface area (Å²) in [7, 11) is 0. The Balaban J connectivity index is 2.15. The molecule has 2 rings (SSSR count). The van der Waals surface area contributed by atoms with E-state index in [-0.39, 0.29) is 18.8 Å². The summed E-state index contributed by atoms with van der Waals surface area (Å²) in [5.74, 6) is -1.84. The van der Waals surface area contributed by atoms with Crippen LogP contribution in [0.2, 0.25) is 0 Å². The second-order valence-corrected chi connectivity index (χ2v) is 5.01. The highest BCUT2D eigenvalue weighted by atomic mass is 19.4. The summed E-state index contributed by atoms with van der Waals surface area (Å²) in [4.78, 5) is 16.3. The molecular formula is C13H12F3N3O2. The normalized spacial score (nSPS) is 23.0. The molecule has 2 heterocycles. The van der Waals surface area contributed by atoms with Gasteiger partial charge in [-0.15, -0.1) is 0 Å². The molecule has 1 aromatic rings. The van der Waals surface area contributed by atoms with Gasteiger partial charge in [-0.25, -0.2) is 4.98 Å². The van der Waals surface area contributed by atoms with Crippen LogP contribution in [-0.2, 0) is 11.3 Å². The van der Waals surface area contributed by atoms with Crippen molar-refractivity contribution in [1.82, 2.24) is 9.88 Å². The number of hydrogen-bond donors (Lipinski definition) is 1. The number of carbonyl (C=O) groups is 1. The van der Waals surface area contributed by atoms with Crippen molar-refractivity contribution in [2.45, 2.75) is 19.1 Å². The van der Waals surface area contributed by atoms with E-state index in [1.807, 2.05) is 6.07 Å². The highest BCUT2D eigenvalue weighted by molar-refractivity contribution is 5.76. The molecule has 0 aromatic carbocycles. The van der Waals surface area contributed by atoms with E-state index in [0.717, 1.165) is 0 Å². The predicted molar refractivity (Wildman–Crippen MR) is 65.0 cm³/mol. The molecule has 8 heteroatoms. The molecule has 0 radical (unpaired) electrons. The highest BCUT2D eigenvalue weighted by Crippen LogP contribution is 2.45. The molecule has 0 amide bonds. The van der Waals surface area contributed by atoms with Crippen molar-refractivity contribution in [2.75, 3.05) is 13.1 Å². The van der Waals surface area contributed by atoms with Gasteiger partial charge >= 0.3 is 12.1 Å². The summed E-state index contributed by atoms with van der Waals surface area (Å²) in [6, 6.07) is 4.92. The van der Waals surface area contributed by atoms with Crippen LogP contribution in [0.1, 0.15) is 17.7 Å². The number of pyridine rings is 1. The number of hydrogen-bond acceptors (Lipinski definition) is 4.